The van der Waals surface area contributed by atoms with E-state index in [-0.39, 0.29) is 17.6 Å². The summed E-state index contributed by atoms with van der Waals surface area (Å²) < 4.78 is 7.80. The maximum atomic E-state index is 12.8. The number of hydrogen-bond acceptors (Lipinski definition) is 3. The average molecular weight is 435 g/mol. The normalized spacial score (nSPS) is 16.1. The molecule has 1 aliphatic heterocycles. The Labute approximate surface area is 185 Å². The average Bonchev–Trinajstić information content (AvgIpc) is 3.54. The van der Waals surface area contributed by atoms with Crippen LogP contribution in [0.1, 0.15) is 34.9 Å². The number of rotatable bonds is 5. The van der Waals surface area contributed by atoms with Gasteiger partial charge < -0.3 is 14.2 Å². The van der Waals surface area contributed by atoms with Gasteiger partial charge in [0.15, 0.2) is 0 Å². The molecule has 2 heterocycles. The summed E-state index contributed by atoms with van der Waals surface area (Å²) in [5.74, 6) is 0.570. The third kappa shape index (κ3) is 4.10. The second kappa shape index (κ2) is 7.89. The summed E-state index contributed by atoms with van der Waals surface area (Å²) in [6, 6.07) is 19.0. The van der Waals surface area contributed by atoms with Crippen molar-refractivity contribution < 1.29 is 9.53 Å². The standard InChI is InChI=1S/C25H23ClN2O3/c1-16-11-22(13-24(29)28(16)21-9-10-21)31-23-14-27(15-23)25(30)18-7-5-17(6-8-18)19-3-2-4-20(26)12-19/h2-8,11-13,21,23H,9-10,14-15H2,1H3. The highest BCUT2D eigenvalue weighted by atomic mass is 35.5. The van der Waals surface area contributed by atoms with E-state index >= 15 is 0 Å². The van der Waals surface area contributed by atoms with Crippen LogP contribution in [0, 0.1) is 6.92 Å². The summed E-state index contributed by atoms with van der Waals surface area (Å²) >= 11 is 6.07. The molecular formula is C25H23ClN2O3. The van der Waals surface area contributed by atoms with Crippen LogP contribution in [0.4, 0.5) is 0 Å². The lowest BCUT2D eigenvalue weighted by Crippen LogP contribution is -2.56. The summed E-state index contributed by atoms with van der Waals surface area (Å²) in [6.45, 7) is 2.97. The van der Waals surface area contributed by atoms with Crippen molar-refractivity contribution >= 4 is 17.5 Å². The van der Waals surface area contributed by atoms with Gasteiger partial charge in [0.1, 0.15) is 11.9 Å². The van der Waals surface area contributed by atoms with Gasteiger partial charge in [-0.15, -0.1) is 0 Å². The lowest BCUT2D eigenvalue weighted by molar-refractivity contribution is 0.0176. The minimum atomic E-state index is -0.0924. The number of nitrogens with zero attached hydrogens (tertiary/aromatic N) is 2. The highest BCUT2D eigenvalue weighted by Crippen LogP contribution is 2.35. The first-order valence-corrected chi connectivity index (χ1v) is 10.9. The van der Waals surface area contributed by atoms with Crippen LogP contribution in [0.25, 0.3) is 11.1 Å². The number of aromatic nitrogens is 1. The third-order valence-electron chi connectivity index (χ3n) is 5.87. The molecule has 2 aromatic carbocycles. The minimum Gasteiger partial charge on any atom is -0.486 e. The molecule has 158 valence electrons. The van der Waals surface area contributed by atoms with Crippen molar-refractivity contribution in [2.24, 2.45) is 0 Å². The molecule has 2 aliphatic rings. The van der Waals surface area contributed by atoms with Crippen LogP contribution in [0.3, 0.4) is 0 Å². The van der Waals surface area contributed by atoms with E-state index in [1.54, 1.807) is 11.0 Å². The predicted octanol–water partition coefficient (Wildman–Crippen LogP) is 4.72. The molecule has 0 atom stereocenters. The van der Waals surface area contributed by atoms with Crippen molar-refractivity contribution in [2.75, 3.05) is 13.1 Å². The number of likely N-dealkylation sites (tertiary alicyclic amines) is 1. The molecule has 1 amide bonds. The van der Waals surface area contributed by atoms with Crippen molar-refractivity contribution in [1.29, 1.82) is 0 Å². The molecule has 0 N–H and O–H groups in total. The fourth-order valence-corrected chi connectivity index (χ4v) is 4.27. The Hall–Kier alpha value is -3.05. The zero-order valence-corrected chi connectivity index (χ0v) is 18.0. The number of ether oxygens (including phenoxy) is 1. The largest absolute Gasteiger partial charge is 0.486 e. The maximum Gasteiger partial charge on any atom is 0.254 e. The fraction of sp³-hybridized carbons (Fsp3) is 0.280. The Morgan fingerprint density at radius 1 is 1.00 bits per heavy atom. The van der Waals surface area contributed by atoms with Crippen molar-refractivity contribution in [1.82, 2.24) is 9.47 Å². The van der Waals surface area contributed by atoms with E-state index in [4.69, 9.17) is 16.3 Å². The number of hydrogen-bond donors (Lipinski definition) is 0. The van der Waals surface area contributed by atoms with Gasteiger partial charge in [0.25, 0.3) is 11.5 Å². The fourth-order valence-electron chi connectivity index (χ4n) is 4.08. The van der Waals surface area contributed by atoms with Gasteiger partial charge in [0.2, 0.25) is 0 Å². The van der Waals surface area contributed by atoms with Crippen LogP contribution in [-0.2, 0) is 0 Å². The molecule has 0 bridgehead atoms. The van der Waals surface area contributed by atoms with Gasteiger partial charge >= 0.3 is 0 Å². The molecule has 5 rings (SSSR count). The van der Waals surface area contributed by atoms with Crippen LogP contribution in [0.15, 0.2) is 65.5 Å². The number of benzene rings is 2. The molecule has 0 unspecified atom stereocenters. The number of pyridine rings is 1. The lowest BCUT2D eigenvalue weighted by Gasteiger charge is -2.39. The highest BCUT2D eigenvalue weighted by Gasteiger charge is 2.33. The number of aryl methyl sites for hydroxylation is 1. The summed E-state index contributed by atoms with van der Waals surface area (Å²) in [4.78, 5) is 26.9. The van der Waals surface area contributed by atoms with Gasteiger partial charge in [-0.2, -0.15) is 0 Å². The molecule has 3 aromatic rings. The molecule has 0 spiro atoms. The van der Waals surface area contributed by atoms with E-state index in [9.17, 15) is 9.59 Å². The first-order valence-electron chi connectivity index (χ1n) is 10.5. The van der Waals surface area contributed by atoms with Crippen molar-refractivity contribution in [3.05, 3.63) is 87.3 Å². The molecule has 5 nitrogen and oxygen atoms in total. The van der Waals surface area contributed by atoms with Crippen LogP contribution >= 0.6 is 11.6 Å². The monoisotopic (exact) mass is 434 g/mol. The zero-order chi connectivity index (χ0) is 21.5. The van der Waals surface area contributed by atoms with Crippen LogP contribution in [0.5, 0.6) is 5.75 Å². The minimum absolute atomic E-state index is 0.00968. The Balaban J connectivity index is 1.20. The smallest absolute Gasteiger partial charge is 0.254 e. The molecule has 0 radical (unpaired) electrons. The first-order chi connectivity index (χ1) is 15.0. The summed E-state index contributed by atoms with van der Waals surface area (Å²) in [7, 11) is 0. The van der Waals surface area contributed by atoms with Crippen molar-refractivity contribution in [3.63, 3.8) is 0 Å². The van der Waals surface area contributed by atoms with Gasteiger partial charge in [-0.05, 0) is 61.2 Å². The van der Waals surface area contributed by atoms with Gasteiger partial charge in [0, 0.05) is 28.4 Å². The number of carbonyl (C=O) groups excluding carboxylic acids is 1. The summed E-state index contributed by atoms with van der Waals surface area (Å²) in [5, 5.41) is 0.685. The van der Waals surface area contributed by atoms with Gasteiger partial charge in [-0.3, -0.25) is 9.59 Å². The molecule has 1 saturated carbocycles. The molecule has 1 saturated heterocycles. The van der Waals surface area contributed by atoms with E-state index < -0.39 is 0 Å². The Morgan fingerprint density at radius 3 is 2.39 bits per heavy atom. The topological polar surface area (TPSA) is 51.5 Å². The zero-order valence-electron chi connectivity index (χ0n) is 17.3. The number of amides is 1. The van der Waals surface area contributed by atoms with Gasteiger partial charge in [-0.25, -0.2) is 0 Å². The number of carbonyl (C=O) groups is 1. The first kappa shape index (κ1) is 19.9. The molecule has 1 aromatic heterocycles. The Morgan fingerprint density at radius 2 is 1.74 bits per heavy atom. The maximum absolute atomic E-state index is 12.8. The third-order valence-corrected chi connectivity index (χ3v) is 6.11. The Kier molecular flexibility index (Phi) is 5.06. The van der Waals surface area contributed by atoms with Crippen molar-refractivity contribution in [3.8, 4) is 16.9 Å². The SMILES string of the molecule is Cc1cc(OC2CN(C(=O)c3ccc(-c4cccc(Cl)c4)cc3)C2)cc(=O)n1C1CC1. The van der Waals surface area contributed by atoms with Crippen LogP contribution in [0.2, 0.25) is 5.02 Å². The van der Waals surface area contributed by atoms with E-state index in [2.05, 4.69) is 0 Å². The van der Waals surface area contributed by atoms with Crippen molar-refractivity contribution in [2.45, 2.75) is 31.9 Å². The van der Waals surface area contributed by atoms with E-state index in [1.165, 1.54) is 0 Å². The molecule has 1 aliphatic carbocycles. The highest BCUT2D eigenvalue weighted by molar-refractivity contribution is 6.30. The summed E-state index contributed by atoms with van der Waals surface area (Å²) in [6.07, 6.45) is 2.05. The second-order valence-electron chi connectivity index (χ2n) is 8.31. The lowest BCUT2D eigenvalue weighted by atomic mass is 10.0. The Bertz CT molecular complexity index is 1190. The molecule has 6 heteroatoms. The predicted molar refractivity (Wildman–Crippen MR) is 121 cm³/mol. The quantitative estimate of drug-likeness (QED) is 0.584. The van der Waals surface area contributed by atoms with E-state index in [0.717, 1.165) is 29.7 Å². The number of halogens is 1. The van der Waals surface area contributed by atoms with Crippen LogP contribution < -0.4 is 10.3 Å². The second-order valence-corrected chi connectivity index (χ2v) is 8.75. The molecular weight excluding hydrogens is 412 g/mol. The molecule has 2 fully saturated rings. The van der Waals surface area contributed by atoms with E-state index in [1.807, 2.05) is 66.1 Å². The van der Waals surface area contributed by atoms with Crippen LogP contribution in [-0.4, -0.2) is 34.6 Å². The summed E-state index contributed by atoms with van der Waals surface area (Å²) in [5.41, 5.74) is 3.59. The molecule has 31 heavy (non-hydrogen) atoms. The van der Waals surface area contributed by atoms with E-state index in [0.29, 0.717) is 35.5 Å². The van der Waals surface area contributed by atoms with Gasteiger partial charge in [-0.1, -0.05) is 35.9 Å². The van der Waals surface area contributed by atoms with Gasteiger partial charge in [0.05, 0.1) is 13.1 Å².